The zero-order chi connectivity index (χ0) is 20.7. The highest BCUT2D eigenvalue weighted by Gasteiger charge is 2.14. The molecule has 0 saturated carbocycles. The Hall–Kier alpha value is -2.89. The van der Waals surface area contributed by atoms with E-state index < -0.39 is 0 Å². The summed E-state index contributed by atoms with van der Waals surface area (Å²) < 4.78 is 0. The van der Waals surface area contributed by atoms with E-state index in [0.717, 1.165) is 36.4 Å². The molecular formula is C22H30N4O2. The lowest BCUT2D eigenvalue weighted by Crippen LogP contribution is -2.32. The van der Waals surface area contributed by atoms with E-state index in [4.69, 9.17) is 0 Å². The molecule has 0 bridgehead atoms. The molecule has 0 radical (unpaired) electrons. The van der Waals surface area contributed by atoms with Gasteiger partial charge in [-0.05, 0) is 70.0 Å². The molecule has 28 heavy (non-hydrogen) atoms. The molecule has 1 atom stereocenters. The van der Waals surface area contributed by atoms with Crippen LogP contribution in [-0.2, 0) is 0 Å². The van der Waals surface area contributed by atoms with E-state index in [-0.39, 0.29) is 23.6 Å². The van der Waals surface area contributed by atoms with Crippen LogP contribution < -0.4 is 15.5 Å². The number of nitrogens with zero attached hydrogens (tertiary/aromatic N) is 2. The fourth-order valence-electron chi connectivity index (χ4n) is 2.87. The highest BCUT2D eigenvalue weighted by Crippen LogP contribution is 2.23. The second-order valence-corrected chi connectivity index (χ2v) is 6.84. The average Bonchev–Trinajstić information content (AvgIpc) is 2.70. The minimum Gasteiger partial charge on any atom is -0.372 e. The van der Waals surface area contributed by atoms with Crippen LogP contribution in [0.25, 0.3) is 0 Å². The van der Waals surface area contributed by atoms with E-state index in [0.29, 0.717) is 5.56 Å². The topological polar surface area (TPSA) is 74.3 Å². The van der Waals surface area contributed by atoms with Crippen molar-refractivity contribution in [2.45, 2.75) is 47.1 Å². The van der Waals surface area contributed by atoms with Gasteiger partial charge in [0.15, 0.2) is 0 Å². The minimum absolute atomic E-state index is 0.0740. The number of carbonyl (C=O) groups excluding carboxylic acids is 2. The molecule has 2 rings (SSSR count). The van der Waals surface area contributed by atoms with Crippen LogP contribution in [0.2, 0.25) is 0 Å². The molecule has 6 nitrogen and oxygen atoms in total. The van der Waals surface area contributed by atoms with Crippen LogP contribution in [0.15, 0.2) is 36.5 Å². The zero-order valence-corrected chi connectivity index (χ0v) is 17.4. The van der Waals surface area contributed by atoms with Crippen molar-refractivity contribution in [3.63, 3.8) is 0 Å². The van der Waals surface area contributed by atoms with Gasteiger partial charge in [-0.2, -0.15) is 0 Å². The predicted molar refractivity (Wildman–Crippen MR) is 114 cm³/mol. The van der Waals surface area contributed by atoms with Crippen LogP contribution in [0, 0.1) is 6.92 Å². The lowest BCUT2D eigenvalue weighted by molar-refractivity contribution is 0.0939. The average molecular weight is 383 g/mol. The van der Waals surface area contributed by atoms with Crippen LogP contribution in [0.4, 0.5) is 11.4 Å². The molecule has 1 unspecified atom stereocenters. The van der Waals surface area contributed by atoms with Crippen molar-refractivity contribution in [2.24, 2.45) is 0 Å². The minimum atomic E-state index is -0.336. The number of aromatic nitrogens is 1. The molecular weight excluding hydrogens is 352 g/mol. The maximum atomic E-state index is 12.6. The van der Waals surface area contributed by atoms with Crippen molar-refractivity contribution in [1.29, 1.82) is 0 Å². The number of carbonyl (C=O) groups is 2. The van der Waals surface area contributed by atoms with Crippen LogP contribution >= 0.6 is 0 Å². The van der Waals surface area contributed by atoms with E-state index in [1.807, 2.05) is 32.9 Å². The molecule has 2 N–H and O–H groups in total. The molecule has 0 spiro atoms. The molecule has 1 aromatic carbocycles. The Morgan fingerprint density at radius 1 is 1.07 bits per heavy atom. The van der Waals surface area contributed by atoms with Gasteiger partial charge in [0.2, 0.25) is 0 Å². The Morgan fingerprint density at radius 2 is 1.79 bits per heavy atom. The summed E-state index contributed by atoms with van der Waals surface area (Å²) in [6.45, 7) is 12.0. The summed E-state index contributed by atoms with van der Waals surface area (Å²) in [7, 11) is 0. The van der Waals surface area contributed by atoms with Crippen molar-refractivity contribution >= 4 is 23.2 Å². The van der Waals surface area contributed by atoms with Gasteiger partial charge in [-0.3, -0.25) is 14.6 Å². The monoisotopic (exact) mass is 382 g/mol. The van der Waals surface area contributed by atoms with Crippen LogP contribution in [-0.4, -0.2) is 35.9 Å². The van der Waals surface area contributed by atoms with Gasteiger partial charge >= 0.3 is 0 Å². The number of hydrogen-bond donors (Lipinski definition) is 2. The Bertz CT molecular complexity index is 831. The first-order chi connectivity index (χ1) is 13.4. The van der Waals surface area contributed by atoms with Gasteiger partial charge in [0, 0.05) is 42.3 Å². The second-order valence-electron chi connectivity index (χ2n) is 6.84. The smallest absolute Gasteiger partial charge is 0.274 e. The molecule has 2 aromatic rings. The number of anilines is 2. The Morgan fingerprint density at radius 3 is 2.39 bits per heavy atom. The first-order valence-corrected chi connectivity index (χ1v) is 9.83. The fraction of sp³-hybridized carbons (Fsp3) is 0.409. The van der Waals surface area contributed by atoms with Gasteiger partial charge in [-0.1, -0.05) is 6.92 Å². The maximum absolute atomic E-state index is 12.6. The third-order valence-corrected chi connectivity index (χ3v) is 4.83. The summed E-state index contributed by atoms with van der Waals surface area (Å²) in [5.74, 6) is -0.539. The van der Waals surface area contributed by atoms with Crippen molar-refractivity contribution in [3.05, 3.63) is 53.3 Å². The SMILES string of the molecule is CCC(C)NC(=O)c1ccnc(C(=O)Nc2ccc(N(CC)CC)cc2C)c1. The fourth-order valence-corrected chi connectivity index (χ4v) is 2.87. The molecule has 1 heterocycles. The number of aryl methyl sites for hydroxylation is 1. The van der Waals surface area contributed by atoms with Crippen LogP contribution in [0.5, 0.6) is 0 Å². The van der Waals surface area contributed by atoms with E-state index in [1.165, 1.54) is 12.3 Å². The van der Waals surface area contributed by atoms with Crippen molar-refractivity contribution in [3.8, 4) is 0 Å². The van der Waals surface area contributed by atoms with Gasteiger partial charge in [-0.25, -0.2) is 0 Å². The highest BCUT2D eigenvalue weighted by atomic mass is 16.2. The standard InChI is InChI=1S/C22H30N4O2/c1-6-16(5)24-21(27)17-11-12-23-20(14-17)22(28)25-19-10-9-18(13-15(19)4)26(7-2)8-3/h9-14,16H,6-8H2,1-5H3,(H,24,27)(H,25,28). The summed E-state index contributed by atoms with van der Waals surface area (Å²) >= 11 is 0. The van der Waals surface area contributed by atoms with Gasteiger partial charge < -0.3 is 15.5 Å². The molecule has 0 aliphatic rings. The summed E-state index contributed by atoms with van der Waals surface area (Å²) in [4.78, 5) is 31.3. The summed E-state index contributed by atoms with van der Waals surface area (Å²) in [5, 5.41) is 5.79. The molecule has 0 saturated heterocycles. The number of nitrogens with one attached hydrogen (secondary N) is 2. The summed E-state index contributed by atoms with van der Waals surface area (Å²) in [5.41, 5.74) is 3.47. The van der Waals surface area contributed by atoms with Crippen LogP contribution in [0.1, 0.15) is 60.5 Å². The highest BCUT2D eigenvalue weighted by molar-refractivity contribution is 6.05. The van der Waals surface area contributed by atoms with Gasteiger partial charge in [-0.15, -0.1) is 0 Å². The Kier molecular flexibility index (Phi) is 7.55. The number of hydrogen-bond acceptors (Lipinski definition) is 4. The van der Waals surface area contributed by atoms with Gasteiger partial charge in [0.1, 0.15) is 5.69 Å². The summed E-state index contributed by atoms with van der Waals surface area (Å²) in [6.07, 6.45) is 2.32. The van der Waals surface area contributed by atoms with E-state index in [2.05, 4.69) is 40.4 Å². The van der Waals surface area contributed by atoms with E-state index >= 15 is 0 Å². The van der Waals surface area contributed by atoms with Crippen molar-refractivity contribution in [2.75, 3.05) is 23.3 Å². The molecule has 0 aliphatic heterocycles. The van der Waals surface area contributed by atoms with Gasteiger partial charge in [0.25, 0.3) is 11.8 Å². The number of benzene rings is 1. The molecule has 2 amide bonds. The second kappa shape index (κ2) is 9.88. The quantitative estimate of drug-likeness (QED) is 0.723. The normalized spacial score (nSPS) is 11.6. The number of pyridine rings is 1. The molecule has 150 valence electrons. The Balaban J connectivity index is 2.15. The third-order valence-electron chi connectivity index (χ3n) is 4.83. The maximum Gasteiger partial charge on any atom is 0.274 e. The summed E-state index contributed by atoms with van der Waals surface area (Å²) in [6, 6.07) is 9.17. The molecule has 0 fully saturated rings. The largest absolute Gasteiger partial charge is 0.372 e. The molecule has 1 aromatic heterocycles. The Labute approximate surface area is 167 Å². The van der Waals surface area contributed by atoms with Crippen molar-refractivity contribution in [1.82, 2.24) is 10.3 Å². The predicted octanol–water partition coefficient (Wildman–Crippen LogP) is 4.02. The lowest BCUT2D eigenvalue weighted by Gasteiger charge is -2.22. The lowest BCUT2D eigenvalue weighted by atomic mass is 10.1. The van der Waals surface area contributed by atoms with E-state index in [9.17, 15) is 9.59 Å². The molecule has 6 heteroatoms. The first kappa shape index (κ1) is 21.4. The zero-order valence-electron chi connectivity index (χ0n) is 17.4. The van der Waals surface area contributed by atoms with Crippen molar-refractivity contribution < 1.29 is 9.59 Å². The molecule has 0 aliphatic carbocycles. The van der Waals surface area contributed by atoms with Gasteiger partial charge in [0.05, 0.1) is 0 Å². The third kappa shape index (κ3) is 5.31. The van der Waals surface area contributed by atoms with Crippen LogP contribution in [0.3, 0.4) is 0 Å². The van der Waals surface area contributed by atoms with E-state index in [1.54, 1.807) is 6.07 Å². The number of rotatable bonds is 8. The number of amides is 2. The first-order valence-electron chi connectivity index (χ1n) is 9.83.